The van der Waals surface area contributed by atoms with Crippen LogP contribution in [-0.2, 0) is 14.8 Å². The van der Waals surface area contributed by atoms with Crippen LogP contribution < -0.4 is 0 Å². The molecule has 2 unspecified atom stereocenters. The van der Waals surface area contributed by atoms with Crippen molar-refractivity contribution in [2.75, 3.05) is 19.7 Å². The van der Waals surface area contributed by atoms with Gasteiger partial charge in [-0.05, 0) is 86.1 Å². The molecule has 0 saturated carbocycles. The number of rotatable bonds is 6. The Labute approximate surface area is 190 Å². The number of esters is 1. The molecule has 2 aromatic rings. The SMILES string of the molecule is Cc1cc(C)c(C(=O)COC(=O)c2ccc(S(=O)(=O)N3CC(C)CC(C)C3)cc2)cc1C. The Balaban J connectivity index is 1.66. The monoisotopic (exact) mass is 457 g/mol. The van der Waals surface area contributed by atoms with E-state index in [1.807, 2.05) is 32.9 Å². The molecule has 0 N–H and O–H groups in total. The second-order valence-corrected chi connectivity index (χ2v) is 11.0. The van der Waals surface area contributed by atoms with Gasteiger partial charge in [-0.25, -0.2) is 13.2 Å². The quantitative estimate of drug-likeness (QED) is 0.477. The number of sulfonamides is 1. The smallest absolute Gasteiger partial charge is 0.338 e. The lowest BCUT2D eigenvalue weighted by Crippen LogP contribution is -2.42. The molecule has 1 aliphatic rings. The molecule has 0 spiro atoms. The zero-order valence-electron chi connectivity index (χ0n) is 19.3. The highest BCUT2D eigenvalue weighted by atomic mass is 32.2. The lowest BCUT2D eigenvalue weighted by molar-refractivity contribution is 0.0474. The number of carbonyl (C=O) groups is 2. The van der Waals surface area contributed by atoms with Crippen molar-refractivity contribution < 1.29 is 22.7 Å². The summed E-state index contributed by atoms with van der Waals surface area (Å²) in [5, 5.41) is 0. The largest absolute Gasteiger partial charge is 0.454 e. The minimum Gasteiger partial charge on any atom is -0.454 e. The molecule has 0 aromatic heterocycles. The topological polar surface area (TPSA) is 80.8 Å². The van der Waals surface area contributed by atoms with Crippen LogP contribution in [0.4, 0.5) is 0 Å². The first-order chi connectivity index (χ1) is 15.0. The zero-order valence-corrected chi connectivity index (χ0v) is 20.2. The zero-order chi connectivity index (χ0) is 23.6. The summed E-state index contributed by atoms with van der Waals surface area (Å²) in [6.07, 6.45) is 1.01. The number of ether oxygens (including phenoxy) is 1. The Hall–Kier alpha value is -2.51. The number of piperidine rings is 1. The molecule has 0 amide bonds. The molecule has 172 valence electrons. The van der Waals surface area contributed by atoms with Crippen molar-refractivity contribution >= 4 is 21.8 Å². The van der Waals surface area contributed by atoms with E-state index in [4.69, 9.17) is 4.74 Å². The summed E-state index contributed by atoms with van der Waals surface area (Å²) in [5.41, 5.74) is 3.67. The minimum absolute atomic E-state index is 0.150. The van der Waals surface area contributed by atoms with Crippen LogP contribution >= 0.6 is 0 Å². The maximum atomic E-state index is 13.0. The summed E-state index contributed by atoms with van der Waals surface area (Å²) in [5.74, 6) is -0.321. The summed E-state index contributed by atoms with van der Waals surface area (Å²) in [7, 11) is -3.62. The van der Waals surface area contributed by atoms with Gasteiger partial charge in [-0.3, -0.25) is 4.79 Å². The van der Waals surface area contributed by atoms with Gasteiger partial charge >= 0.3 is 5.97 Å². The van der Waals surface area contributed by atoms with Crippen molar-refractivity contribution in [3.8, 4) is 0 Å². The van der Waals surface area contributed by atoms with Gasteiger partial charge in [0.05, 0.1) is 10.5 Å². The van der Waals surface area contributed by atoms with Crippen molar-refractivity contribution in [3.63, 3.8) is 0 Å². The fourth-order valence-corrected chi connectivity index (χ4v) is 5.95. The number of benzene rings is 2. The predicted octanol–water partition coefficient (Wildman–Crippen LogP) is 4.32. The second kappa shape index (κ2) is 9.55. The van der Waals surface area contributed by atoms with Crippen molar-refractivity contribution in [1.29, 1.82) is 0 Å². The highest BCUT2D eigenvalue weighted by Gasteiger charge is 2.31. The minimum atomic E-state index is -3.62. The average molecular weight is 458 g/mol. The number of hydrogen-bond acceptors (Lipinski definition) is 5. The summed E-state index contributed by atoms with van der Waals surface area (Å²) >= 11 is 0. The predicted molar refractivity (Wildman–Crippen MR) is 123 cm³/mol. The molecule has 32 heavy (non-hydrogen) atoms. The molecule has 2 atom stereocenters. The molecule has 7 heteroatoms. The van der Waals surface area contributed by atoms with Gasteiger partial charge in [0.2, 0.25) is 15.8 Å². The molecular formula is C25H31NO5S. The number of hydrogen-bond donors (Lipinski definition) is 0. The summed E-state index contributed by atoms with van der Waals surface area (Å²) in [4.78, 5) is 25.1. The number of nitrogens with zero attached hydrogens (tertiary/aromatic N) is 1. The Morgan fingerprint density at radius 3 is 2.09 bits per heavy atom. The molecule has 2 aromatic carbocycles. The van der Waals surface area contributed by atoms with Crippen molar-refractivity contribution in [1.82, 2.24) is 4.31 Å². The molecule has 6 nitrogen and oxygen atoms in total. The second-order valence-electron chi connectivity index (χ2n) is 9.04. The first-order valence-corrected chi connectivity index (χ1v) is 12.3. The number of aryl methyl sites for hydroxylation is 3. The van der Waals surface area contributed by atoms with E-state index in [1.165, 1.54) is 28.6 Å². The summed E-state index contributed by atoms with van der Waals surface area (Å²) in [6, 6.07) is 9.45. The van der Waals surface area contributed by atoms with Crippen molar-refractivity contribution in [2.24, 2.45) is 11.8 Å². The van der Waals surface area contributed by atoms with E-state index >= 15 is 0 Å². The fourth-order valence-electron chi connectivity index (χ4n) is 4.27. The summed E-state index contributed by atoms with van der Waals surface area (Å²) in [6.45, 7) is 10.5. The van der Waals surface area contributed by atoms with Crippen LogP contribution in [0.2, 0.25) is 0 Å². The molecule has 1 aliphatic heterocycles. The van der Waals surface area contributed by atoms with Crippen LogP contribution in [0.1, 0.15) is 57.7 Å². The molecular weight excluding hydrogens is 426 g/mol. The number of ketones is 1. The molecule has 3 rings (SSSR count). The third-order valence-corrected chi connectivity index (χ3v) is 7.88. The lowest BCUT2D eigenvalue weighted by Gasteiger charge is -2.34. The van der Waals surface area contributed by atoms with Crippen molar-refractivity contribution in [2.45, 2.75) is 45.9 Å². The Morgan fingerprint density at radius 2 is 1.50 bits per heavy atom. The van der Waals surface area contributed by atoms with E-state index in [0.29, 0.717) is 30.5 Å². The first-order valence-electron chi connectivity index (χ1n) is 10.9. The Bertz CT molecular complexity index is 1110. The third-order valence-electron chi connectivity index (χ3n) is 6.04. The van der Waals surface area contributed by atoms with Crippen LogP contribution in [0.25, 0.3) is 0 Å². The van der Waals surface area contributed by atoms with Crippen LogP contribution in [0, 0.1) is 32.6 Å². The van der Waals surface area contributed by atoms with Crippen LogP contribution in [0.3, 0.4) is 0 Å². The highest BCUT2D eigenvalue weighted by Crippen LogP contribution is 2.27. The van der Waals surface area contributed by atoms with Crippen molar-refractivity contribution in [3.05, 3.63) is 64.2 Å². The van der Waals surface area contributed by atoms with Gasteiger partial charge in [0.25, 0.3) is 0 Å². The van der Waals surface area contributed by atoms with Gasteiger partial charge < -0.3 is 4.74 Å². The molecule has 0 aliphatic carbocycles. The van der Waals surface area contributed by atoms with Crippen LogP contribution in [0.5, 0.6) is 0 Å². The number of Topliss-reactive ketones (excluding diaryl/α,β-unsaturated/α-hetero) is 1. The van der Waals surface area contributed by atoms with Gasteiger partial charge in [0.1, 0.15) is 0 Å². The highest BCUT2D eigenvalue weighted by molar-refractivity contribution is 7.89. The molecule has 0 radical (unpaired) electrons. The van der Waals surface area contributed by atoms with Gasteiger partial charge in [0.15, 0.2) is 6.61 Å². The van der Waals surface area contributed by atoms with E-state index in [-0.39, 0.29) is 22.8 Å². The number of carbonyl (C=O) groups excluding carboxylic acids is 2. The molecule has 1 fully saturated rings. The summed E-state index contributed by atoms with van der Waals surface area (Å²) < 4.78 is 32.7. The van der Waals surface area contributed by atoms with E-state index < -0.39 is 16.0 Å². The van der Waals surface area contributed by atoms with E-state index in [1.54, 1.807) is 0 Å². The van der Waals surface area contributed by atoms with E-state index in [0.717, 1.165) is 23.1 Å². The first kappa shape index (κ1) is 24.1. The standard InChI is InChI=1S/C25H31NO5S/c1-16-10-17(2)14-26(13-16)32(29,30)22-8-6-21(7-9-22)25(28)31-15-24(27)23-12-19(4)18(3)11-20(23)5/h6-9,11-12,16-17H,10,13-15H2,1-5H3. The fraction of sp³-hybridized carbons (Fsp3) is 0.440. The lowest BCUT2D eigenvalue weighted by atomic mass is 9.94. The molecule has 0 bridgehead atoms. The normalized spacial score (nSPS) is 19.5. The van der Waals surface area contributed by atoms with E-state index in [2.05, 4.69) is 13.8 Å². The molecule has 1 heterocycles. The van der Waals surface area contributed by atoms with Gasteiger partial charge in [-0.15, -0.1) is 0 Å². The Kier molecular flexibility index (Phi) is 7.20. The molecule has 1 saturated heterocycles. The van der Waals surface area contributed by atoms with Gasteiger partial charge in [0, 0.05) is 18.7 Å². The van der Waals surface area contributed by atoms with Crippen LogP contribution in [-0.4, -0.2) is 44.2 Å². The maximum absolute atomic E-state index is 13.0. The van der Waals surface area contributed by atoms with Gasteiger partial charge in [-0.1, -0.05) is 19.9 Å². The Morgan fingerprint density at radius 1 is 0.938 bits per heavy atom. The maximum Gasteiger partial charge on any atom is 0.338 e. The third kappa shape index (κ3) is 5.27. The average Bonchev–Trinajstić information content (AvgIpc) is 2.73. The van der Waals surface area contributed by atoms with Gasteiger partial charge in [-0.2, -0.15) is 4.31 Å². The van der Waals surface area contributed by atoms with Crippen LogP contribution in [0.15, 0.2) is 41.3 Å². The van der Waals surface area contributed by atoms with E-state index in [9.17, 15) is 18.0 Å².